The fraction of sp³-hybridized carbons (Fsp3) is 0.667. The van der Waals surface area contributed by atoms with Crippen LogP contribution in [0.25, 0.3) is 0 Å². The van der Waals surface area contributed by atoms with E-state index in [1.165, 1.54) is 12.5 Å². The zero-order chi connectivity index (χ0) is 18.0. The van der Waals surface area contributed by atoms with Crippen molar-refractivity contribution in [1.29, 1.82) is 0 Å². The van der Waals surface area contributed by atoms with Crippen LogP contribution in [0, 0.1) is 28.6 Å². The van der Waals surface area contributed by atoms with Crippen LogP contribution in [0.2, 0.25) is 0 Å². The van der Waals surface area contributed by atoms with Crippen molar-refractivity contribution in [3.63, 3.8) is 0 Å². The molecule has 2 unspecified atom stereocenters. The number of rotatable bonds is 1. The van der Waals surface area contributed by atoms with Gasteiger partial charge < -0.3 is 9.84 Å². The fourth-order valence-corrected chi connectivity index (χ4v) is 6.07. The number of fused-ring (bicyclic) bond motifs is 5. The van der Waals surface area contributed by atoms with E-state index >= 15 is 0 Å². The van der Waals surface area contributed by atoms with Crippen molar-refractivity contribution in [2.24, 2.45) is 28.6 Å². The van der Waals surface area contributed by atoms with Crippen molar-refractivity contribution in [3.8, 4) is 0 Å². The van der Waals surface area contributed by atoms with E-state index in [4.69, 9.17) is 4.74 Å². The van der Waals surface area contributed by atoms with E-state index in [0.717, 1.165) is 19.3 Å². The number of carbonyl (C=O) groups is 1. The Balaban J connectivity index is 1.69. The van der Waals surface area contributed by atoms with Gasteiger partial charge in [-0.1, -0.05) is 37.6 Å². The van der Waals surface area contributed by atoms with Gasteiger partial charge in [-0.2, -0.15) is 0 Å². The summed E-state index contributed by atoms with van der Waals surface area (Å²) < 4.78 is 20.0. The molecule has 4 heteroatoms. The molecule has 4 aliphatic carbocycles. The van der Waals surface area contributed by atoms with Crippen LogP contribution in [0.5, 0.6) is 0 Å². The minimum atomic E-state index is -0.738. The zero-order valence-corrected chi connectivity index (χ0v) is 15.2. The number of aliphatic hydroxyl groups is 1. The maximum absolute atomic E-state index is 14.7. The Morgan fingerprint density at radius 1 is 1.40 bits per heavy atom. The van der Waals surface area contributed by atoms with Crippen LogP contribution in [0.15, 0.2) is 35.7 Å². The molecule has 0 amide bonds. The number of hydrogen-bond acceptors (Lipinski definition) is 3. The van der Waals surface area contributed by atoms with Crippen LogP contribution >= 0.6 is 0 Å². The quantitative estimate of drug-likeness (QED) is 0.574. The first-order valence-corrected chi connectivity index (χ1v) is 9.37. The first-order valence-electron chi connectivity index (χ1n) is 9.37. The third-order valence-corrected chi connectivity index (χ3v) is 7.40. The summed E-state index contributed by atoms with van der Waals surface area (Å²) in [5.74, 6) is 0.177. The molecule has 0 spiro atoms. The Labute approximate surface area is 148 Å². The average molecular weight is 346 g/mol. The molecule has 0 aliphatic heterocycles. The van der Waals surface area contributed by atoms with Crippen LogP contribution in [0.1, 0.15) is 46.5 Å². The highest BCUT2D eigenvalue weighted by atomic mass is 19.1. The molecule has 4 rings (SSSR count). The molecule has 4 aliphatic rings. The minimum Gasteiger partial charge on any atom is -0.455 e. The molecule has 7 atom stereocenters. The first kappa shape index (κ1) is 17.0. The summed E-state index contributed by atoms with van der Waals surface area (Å²) in [6.45, 7) is 5.69. The highest BCUT2D eigenvalue weighted by molar-refractivity contribution is 5.66. The third-order valence-electron chi connectivity index (χ3n) is 7.40. The second-order valence-electron chi connectivity index (χ2n) is 8.76. The average Bonchev–Trinajstić information content (AvgIpc) is 2.79. The number of hydrogen-bond donors (Lipinski definition) is 1. The van der Waals surface area contributed by atoms with Crippen molar-refractivity contribution in [2.45, 2.75) is 58.7 Å². The second-order valence-corrected chi connectivity index (χ2v) is 8.76. The van der Waals surface area contributed by atoms with Gasteiger partial charge in [0, 0.05) is 17.8 Å². The lowest BCUT2D eigenvalue weighted by atomic mass is 9.49. The highest BCUT2D eigenvalue weighted by Crippen LogP contribution is 2.63. The Kier molecular flexibility index (Phi) is 3.77. The Morgan fingerprint density at radius 2 is 2.16 bits per heavy atom. The SMILES string of the molecule is CC(=O)OC1C(F)=C[C@H]2[C@@H]3CC=C4CC(O)C=C[C@]4(C)[C@@H]3CC[C@]12C. The second kappa shape index (κ2) is 5.54. The van der Waals surface area contributed by atoms with Gasteiger partial charge in [0.05, 0.1) is 6.10 Å². The molecule has 0 bridgehead atoms. The lowest BCUT2D eigenvalue weighted by Crippen LogP contribution is -2.51. The van der Waals surface area contributed by atoms with E-state index in [9.17, 15) is 14.3 Å². The van der Waals surface area contributed by atoms with E-state index in [1.54, 1.807) is 6.08 Å². The van der Waals surface area contributed by atoms with Gasteiger partial charge in [-0.15, -0.1) is 0 Å². The maximum atomic E-state index is 14.7. The molecule has 0 aromatic rings. The lowest BCUT2D eigenvalue weighted by Gasteiger charge is -2.56. The summed E-state index contributed by atoms with van der Waals surface area (Å²) in [4.78, 5) is 11.5. The van der Waals surface area contributed by atoms with Gasteiger partial charge in [-0.3, -0.25) is 4.79 Å². The molecule has 1 N–H and O–H groups in total. The summed E-state index contributed by atoms with van der Waals surface area (Å²) in [6.07, 6.45) is 10.4. The standard InChI is InChI=1S/C21H27FO3/c1-12(23)25-19-18(22)11-17-15-5-4-13-10-14(24)6-8-20(13,2)16(15)7-9-21(17,19)3/h4,6,8,11,14-17,19,24H,5,7,9-10H2,1-3H3/t14?,15-,16-,17+,19?,20+,21+/m1/s1. The topological polar surface area (TPSA) is 46.5 Å². The van der Waals surface area contributed by atoms with Crippen molar-refractivity contribution in [3.05, 3.63) is 35.7 Å². The monoisotopic (exact) mass is 346 g/mol. The number of carbonyl (C=O) groups excluding carboxylic acids is 1. The molecular formula is C21H27FO3. The number of allylic oxidation sites excluding steroid dienone is 3. The smallest absolute Gasteiger partial charge is 0.303 e. The van der Waals surface area contributed by atoms with Crippen molar-refractivity contribution >= 4 is 5.97 Å². The van der Waals surface area contributed by atoms with Crippen LogP contribution in [-0.4, -0.2) is 23.3 Å². The molecule has 136 valence electrons. The summed E-state index contributed by atoms with van der Waals surface area (Å²) in [6, 6.07) is 0. The Hall–Kier alpha value is -1.42. The highest BCUT2D eigenvalue weighted by Gasteiger charge is 2.59. The van der Waals surface area contributed by atoms with Crippen molar-refractivity contribution in [1.82, 2.24) is 0 Å². The van der Waals surface area contributed by atoms with Gasteiger partial charge in [0.15, 0.2) is 6.10 Å². The molecule has 0 saturated heterocycles. The Morgan fingerprint density at radius 3 is 2.88 bits per heavy atom. The molecule has 25 heavy (non-hydrogen) atoms. The Bertz CT molecular complexity index is 693. The van der Waals surface area contributed by atoms with Gasteiger partial charge in [0.1, 0.15) is 5.83 Å². The van der Waals surface area contributed by atoms with Crippen LogP contribution in [0.4, 0.5) is 4.39 Å². The van der Waals surface area contributed by atoms with Crippen molar-refractivity contribution in [2.75, 3.05) is 0 Å². The number of halogens is 1. The zero-order valence-electron chi connectivity index (χ0n) is 15.2. The van der Waals surface area contributed by atoms with Crippen LogP contribution in [-0.2, 0) is 9.53 Å². The van der Waals surface area contributed by atoms with E-state index < -0.39 is 12.1 Å². The molecule has 0 aromatic carbocycles. The summed E-state index contributed by atoms with van der Waals surface area (Å²) >= 11 is 0. The maximum Gasteiger partial charge on any atom is 0.303 e. The molecule has 3 nitrogen and oxygen atoms in total. The fourth-order valence-electron chi connectivity index (χ4n) is 6.07. The summed E-state index contributed by atoms with van der Waals surface area (Å²) in [5, 5.41) is 9.97. The normalized spacial score (nSPS) is 48.0. The molecule has 1 fully saturated rings. The van der Waals surface area contributed by atoms with E-state index in [0.29, 0.717) is 18.3 Å². The number of aliphatic hydroxyl groups excluding tert-OH is 1. The van der Waals surface area contributed by atoms with E-state index in [-0.39, 0.29) is 28.7 Å². The predicted octanol–water partition coefficient (Wildman–Crippen LogP) is 4.09. The van der Waals surface area contributed by atoms with Crippen LogP contribution < -0.4 is 0 Å². The van der Waals surface area contributed by atoms with Gasteiger partial charge in [-0.25, -0.2) is 4.39 Å². The van der Waals surface area contributed by atoms with E-state index in [1.807, 2.05) is 6.08 Å². The minimum absolute atomic E-state index is 0.0483. The molecule has 0 radical (unpaired) electrons. The number of esters is 1. The molecular weight excluding hydrogens is 319 g/mol. The molecule has 1 saturated carbocycles. The largest absolute Gasteiger partial charge is 0.455 e. The number of ether oxygens (including phenoxy) is 1. The van der Waals surface area contributed by atoms with Gasteiger partial charge in [0.2, 0.25) is 0 Å². The first-order chi connectivity index (χ1) is 11.8. The lowest BCUT2D eigenvalue weighted by molar-refractivity contribution is -0.155. The summed E-state index contributed by atoms with van der Waals surface area (Å²) in [5.41, 5.74) is 0.926. The van der Waals surface area contributed by atoms with Crippen molar-refractivity contribution < 1.29 is 19.0 Å². The van der Waals surface area contributed by atoms with Gasteiger partial charge in [-0.05, 0) is 49.5 Å². The molecule has 0 aromatic heterocycles. The van der Waals surface area contributed by atoms with Crippen LogP contribution in [0.3, 0.4) is 0 Å². The molecule has 0 heterocycles. The van der Waals surface area contributed by atoms with E-state index in [2.05, 4.69) is 26.0 Å². The summed E-state index contributed by atoms with van der Waals surface area (Å²) in [7, 11) is 0. The van der Waals surface area contributed by atoms with Gasteiger partial charge in [0.25, 0.3) is 0 Å². The third kappa shape index (κ3) is 2.37. The predicted molar refractivity (Wildman–Crippen MR) is 93.1 cm³/mol. The van der Waals surface area contributed by atoms with Gasteiger partial charge >= 0.3 is 5.97 Å².